The van der Waals surface area contributed by atoms with Crippen LogP contribution in [0.5, 0.6) is 0 Å². The molecular weight excluding hydrogens is 317 g/mol. The van der Waals surface area contributed by atoms with Gasteiger partial charge in [-0.25, -0.2) is 0 Å². The second-order valence-electron chi connectivity index (χ2n) is 6.90. The van der Waals surface area contributed by atoms with Crippen LogP contribution in [-0.4, -0.2) is 4.92 Å². The van der Waals surface area contributed by atoms with Crippen molar-refractivity contribution in [2.75, 3.05) is 0 Å². The Balaban J connectivity index is 1.93. The minimum Gasteiger partial charge on any atom is -0.258 e. The van der Waals surface area contributed by atoms with Gasteiger partial charge in [0.2, 0.25) is 5.82 Å². The van der Waals surface area contributed by atoms with Crippen LogP contribution in [0.15, 0.2) is 36.4 Å². The predicted molar refractivity (Wildman–Crippen MR) is 98.3 cm³/mol. The molecule has 0 saturated heterocycles. The zero-order chi connectivity index (χ0) is 17.8. The molecule has 0 spiro atoms. The third-order valence-electron chi connectivity index (χ3n) is 5.20. The molecule has 0 aromatic heterocycles. The van der Waals surface area contributed by atoms with E-state index in [-0.39, 0.29) is 5.69 Å². The number of rotatable bonds is 5. The number of hydrogen-bond donors (Lipinski definition) is 0. The Morgan fingerprint density at radius 2 is 1.76 bits per heavy atom. The molecule has 0 N–H and O–H groups in total. The standard InChI is InChI=1S/C21H24FNO2/c1-2-6-18-13-14-19(20(22)21(18)23(24)25)17-11-9-16(10-12-17)15-7-4-3-5-8-15/h9-15H,2-8H2,1H3. The molecule has 0 atom stereocenters. The highest BCUT2D eigenvalue weighted by atomic mass is 19.1. The second kappa shape index (κ2) is 7.77. The first-order valence-corrected chi connectivity index (χ1v) is 9.18. The zero-order valence-electron chi connectivity index (χ0n) is 14.6. The van der Waals surface area contributed by atoms with Gasteiger partial charge in [-0.2, -0.15) is 4.39 Å². The van der Waals surface area contributed by atoms with Gasteiger partial charge in [-0.1, -0.05) is 69.0 Å². The molecule has 0 radical (unpaired) electrons. The number of nitrogens with zero attached hydrogens (tertiary/aromatic N) is 1. The Bertz CT molecular complexity index is 749. The van der Waals surface area contributed by atoms with Crippen LogP contribution < -0.4 is 0 Å². The molecule has 0 bridgehead atoms. The van der Waals surface area contributed by atoms with Crippen molar-refractivity contribution in [1.82, 2.24) is 0 Å². The van der Waals surface area contributed by atoms with Crippen molar-refractivity contribution in [1.29, 1.82) is 0 Å². The van der Waals surface area contributed by atoms with E-state index in [4.69, 9.17) is 0 Å². The van der Waals surface area contributed by atoms with Crippen molar-refractivity contribution in [3.63, 3.8) is 0 Å². The van der Waals surface area contributed by atoms with Crippen LogP contribution in [0.4, 0.5) is 10.1 Å². The second-order valence-corrected chi connectivity index (χ2v) is 6.90. The van der Waals surface area contributed by atoms with Gasteiger partial charge >= 0.3 is 5.69 Å². The van der Waals surface area contributed by atoms with E-state index in [0.717, 1.165) is 6.42 Å². The van der Waals surface area contributed by atoms with Crippen molar-refractivity contribution >= 4 is 5.69 Å². The van der Waals surface area contributed by atoms with E-state index in [1.807, 2.05) is 19.1 Å². The molecule has 1 aliphatic rings. The lowest BCUT2D eigenvalue weighted by molar-refractivity contribution is -0.388. The molecule has 2 aromatic carbocycles. The molecule has 1 saturated carbocycles. The first-order chi connectivity index (χ1) is 12.1. The number of hydrogen-bond acceptors (Lipinski definition) is 2. The van der Waals surface area contributed by atoms with E-state index in [1.54, 1.807) is 12.1 Å². The van der Waals surface area contributed by atoms with Crippen LogP contribution in [0.1, 0.15) is 62.5 Å². The summed E-state index contributed by atoms with van der Waals surface area (Å²) in [6.45, 7) is 1.93. The van der Waals surface area contributed by atoms with Crippen molar-refractivity contribution in [3.8, 4) is 11.1 Å². The first-order valence-electron chi connectivity index (χ1n) is 9.18. The fourth-order valence-corrected chi connectivity index (χ4v) is 3.87. The van der Waals surface area contributed by atoms with Gasteiger partial charge in [0.25, 0.3) is 0 Å². The molecule has 132 valence electrons. The number of nitro benzene ring substituents is 1. The van der Waals surface area contributed by atoms with E-state index >= 15 is 0 Å². The lowest BCUT2D eigenvalue weighted by Crippen LogP contribution is -2.04. The molecule has 1 fully saturated rings. The Morgan fingerprint density at radius 3 is 2.36 bits per heavy atom. The summed E-state index contributed by atoms with van der Waals surface area (Å²) >= 11 is 0. The van der Waals surface area contributed by atoms with E-state index in [9.17, 15) is 14.5 Å². The van der Waals surface area contributed by atoms with E-state index < -0.39 is 10.7 Å². The van der Waals surface area contributed by atoms with Crippen molar-refractivity contribution < 1.29 is 9.31 Å². The Hall–Kier alpha value is -2.23. The summed E-state index contributed by atoms with van der Waals surface area (Å²) in [6.07, 6.45) is 7.53. The highest BCUT2D eigenvalue weighted by molar-refractivity contribution is 5.69. The topological polar surface area (TPSA) is 43.1 Å². The fourth-order valence-electron chi connectivity index (χ4n) is 3.87. The van der Waals surface area contributed by atoms with Gasteiger partial charge in [-0.05, 0) is 36.3 Å². The normalized spacial score (nSPS) is 15.3. The minimum absolute atomic E-state index is 0.307. The van der Waals surface area contributed by atoms with Crippen LogP contribution in [0.3, 0.4) is 0 Å². The SMILES string of the molecule is CCCc1ccc(-c2ccc(C3CCCCC3)cc2)c(F)c1[N+](=O)[O-]. The van der Waals surface area contributed by atoms with Gasteiger partial charge in [0.05, 0.1) is 4.92 Å². The maximum absolute atomic E-state index is 14.8. The average Bonchev–Trinajstić information content (AvgIpc) is 2.63. The monoisotopic (exact) mass is 341 g/mol. The summed E-state index contributed by atoms with van der Waals surface area (Å²) in [5.41, 5.74) is 2.38. The first kappa shape index (κ1) is 17.6. The molecule has 0 amide bonds. The smallest absolute Gasteiger partial charge is 0.258 e. The number of halogens is 1. The third-order valence-corrected chi connectivity index (χ3v) is 5.20. The Morgan fingerprint density at radius 1 is 1.08 bits per heavy atom. The lowest BCUT2D eigenvalue weighted by Gasteiger charge is -2.22. The van der Waals surface area contributed by atoms with Gasteiger partial charge in [0.15, 0.2) is 0 Å². The maximum atomic E-state index is 14.8. The summed E-state index contributed by atoms with van der Waals surface area (Å²) in [5.74, 6) is -0.129. The van der Waals surface area contributed by atoms with Crippen LogP contribution in [0.25, 0.3) is 11.1 Å². The van der Waals surface area contributed by atoms with Gasteiger partial charge in [0, 0.05) is 11.1 Å². The molecule has 0 aliphatic heterocycles. The Kier molecular flexibility index (Phi) is 5.47. The highest BCUT2D eigenvalue weighted by Crippen LogP contribution is 2.36. The molecule has 0 unspecified atom stereocenters. The number of nitro groups is 1. The quantitative estimate of drug-likeness (QED) is 0.466. The average molecular weight is 341 g/mol. The molecular formula is C21H24FNO2. The molecule has 1 aliphatic carbocycles. The number of benzene rings is 2. The number of aryl methyl sites for hydroxylation is 1. The summed E-state index contributed by atoms with van der Waals surface area (Å²) in [5, 5.41) is 11.3. The van der Waals surface area contributed by atoms with Crippen molar-refractivity contribution in [3.05, 3.63) is 63.5 Å². The Labute approximate surface area is 148 Å². The van der Waals surface area contributed by atoms with Crippen LogP contribution in [0, 0.1) is 15.9 Å². The van der Waals surface area contributed by atoms with E-state index in [2.05, 4.69) is 12.1 Å². The van der Waals surface area contributed by atoms with Gasteiger partial charge < -0.3 is 0 Å². The van der Waals surface area contributed by atoms with Gasteiger partial charge in [0.1, 0.15) is 0 Å². The summed E-state index contributed by atoms with van der Waals surface area (Å²) < 4.78 is 14.8. The maximum Gasteiger partial charge on any atom is 0.308 e. The molecule has 2 aromatic rings. The van der Waals surface area contributed by atoms with Crippen LogP contribution >= 0.6 is 0 Å². The highest BCUT2D eigenvalue weighted by Gasteiger charge is 2.24. The summed E-state index contributed by atoms with van der Waals surface area (Å²) in [6, 6.07) is 11.3. The molecule has 3 rings (SSSR count). The van der Waals surface area contributed by atoms with Crippen LogP contribution in [-0.2, 0) is 6.42 Å². The van der Waals surface area contributed by atoms with E-state index in [0.29, 0.717) is 29.0 Å². The van der Waals surface area contributed by atoms with Gasteiger partial charge in [-0.3, -0.25) is 10.1 Å². The lowest BCUT2D eigenvalue weighted by atomic mass is 9.83. The fraction of sp³-hybridized carbons (Fsp3) is 0.429. The predicted octanol–water partition coefficient (Wildman–Crippen LogP) is 6.40. The minimum atomic E-state index is -0.721. The molecule has 3 nitrogen and oxygen atoms in total. The molecule has 4 heteroatoms. The largest absolute Gasteiger partial charge is 0.308 e. The van der Waals surface area contributed by atoms with Gasteiger partial charge in [-0.15, -0.1) is 0 Å². The summed E-state index contributed by atoms with van der Waals surface area (Å²) in [4.78, 5) is 10.7. The summed E-state index contributed by atoms with van der Waals surface area (Å²) in [7, 11) is 0. The van der Waals surface area contributed by atoms with Crippen molar-refractivity contribution in [2.24, 2.45) is 0 Å². The molecule has 0 heterocycles. The van der Waals surface area contributed by atoms with E-state index in [1.165, 1.54) is 37.7 Å². The third kappa shape index (κ3) is 3.73. The molecule has 25 heavy (non-hydrogen) atoms. The zero-order valence-corrected chi connectivity index (χ0v) is 14.6. The van der Waals surface area contributed by atoms with Crippen LogP contribution in [0.2, 0.25) is 0 Å². The van der Waals surface area contributed by atoms with Crippen molar-refractivity contribution in [2.45, 2.75) is 57.8 Å².